The first-order valence-electron chi connectivity index (χ1n) is 9.74. The topological polar surface area (TPSA) is 46.6 Å². The van der Waals surface area contributed by atoms with E-state index in [4.69, 9.17) is 9.47 Å². The van der Waals surface area contributed by atoms with Crippen molar-refractivity contribution in [1.82, 2.24) is 9.88 Å². The lowest BCUT2D eigenvalue weighted by Crippen LogP contribution is -2.37. The summed E-state index contributed by atoms with van der Waals surface area (Å²) < 4.78 is 37.8. The van der Waals surface area contributed by atoms with E-state index in [-0.39, 0.29) is 0 Å². The van der Waals surface area contributed by atoms with Crippen molar-refractivity contribution in [2.75, 3.05) is 44.8 Å². The number of hydrogen-bond acceptors (Lipinski definition) is 5. The van der Waals surface area contributed by atoms with Crippen molar-refractivity contribution in [2.45, 2.75) is 6.42 Å². The molecule has 5 nitrogen and oxygen atoms in total. The third-order valence-electron chi connectivity index (χ3n) is 4.86. The largest absolute Gasteiger partial charge is 0.493 e. The first-order chi connectivity index (χ1) is 14.2. The molecule has 0 unspecified atom stereocenters. The van der Waals surface area contributed by atoms with Crippen molar-refractivity contribution in [3.63, 3.8) is 0 Å². The van der Waals surface area contributed by atoms with Gasteiger partial charge in [0, 0.05) is 36.8 Å². The van der Waals surface area contributed by atoms with Gasteiger partial charge in [0.2, 0.25) is 0 Å². The van der Waals surface area contributed by atoms with Crippen molar-refractivity contribution >= 4 is 22.4 Å². The lowest BCUT2D eigenvalue weighted by atomic mass is 10.2. The van der Waals surface area contributed by atoms with Crippen LogP contribution >= 0.6 is 0 Å². The van der Waals surface area contributed by atoms with Gasteiger partial charge in [-0.15, -0.1) is 0 Å². The molecule has 0 saturated carbocycles. The van der Waals surface area contributed by atoms with Crippen LogP contribution in [-0.2, 0) is 4.74 Å². The summed E-state index contributed by atoms with van der Waals surface area (Å²) in [5.41, 5.74) is 1.20. The highest BCUT2D eigenvalue weighted by molar-refractivity contribution is 5.86. The van der Waals surface area contributed by atoms with Crippen LogP contribution in [0.4, 0.5) is 20.3 Å². The SMILES string of the molecule is Fc1ccc(Nc2ccc3c(OCCCN4CCOCC4)cccc3n2)cc1F. The fourth-order valence-electron chi connectivity index (χ4n) is 3.34. The first-order valence-corrected chi connectivity index (χ1v) is 9.74. The maximum atomic E-state index is 13.4. The van der Waals surface area contributed by atoms with E-state index in [0.29, 0.717) is 18.1 Å². The number of hydrogen-bond donors (Lipinski definition) is 1. The van der Waals surface area contributed by atoms with E-state index in [1.54, 1.807) is 6.07 Å². The average Bonchev–Trinajstić information content (AvgIpc) is 2.74. The quantitative estimate of drug-likeness (QED) is 0.599. The van der Waals surface area contributed by atoms with Gasteiger partial charge in [-0.25, -0.2) is 13.8 Å². The summed E-state index contributed by atoms with van der Waals surface area (Å²) in [5, 5.41) is 3.91. The number of benzene rings is 2. The Balaban J connectivity index is 1.39. The Morgan fingerprint density at radius 3 is 2.72 bits per heavy atom. The first kappa shape index (κ1) is 19.5. The van der Waals surface area contributed by atoms with E-state index in [1.807, 2.05) is 24.3 Å². The molecule has 1 aliphatic rings. The minimum Gasteiger partial charge on any atom is -0.493 e. The third-order valence-corrected chi connectivity index (χ3v) is 4.86. The van der Waals surface area contributed by atoms with Crippen LogP contribution in [-0.4, -0.2) is 49.3 Å². The van der Waals surface area contributed by atoms with E-state index in [9.17, 15) is 8.78 Å². The monoisotopic (exact) mass is 399 g/mol. The number of ether oxygens (including phenoxy) is 2. The van der Waals surface area contributed by atoms with E-state index in [2.05, 4.69) is 15.2 Å². The standard InChI is InChI=1S/C22H23F2N3O2/c23-18-7-5-16(15-19(18)24)25-22-8-6-17-20(26-22)3-1-4-21(17)29-12-2-9-27-10-13-28-14-11-27/h1,3-8,15H,2,9-14H2,(H,25,26). The van der Waals surface area contributed by atoms with E-state index in [1.165, 1.54) is 6.07 Å². The van der Waals surface area contributed by atoms with Gasteiger partial charge in [0.25, 0.3) is 0 Å². The molecule has 152 valence electrons. The summed E-state index contributed by atoms with van der Waals surface area (Å²) in [6.45, 7) is 5.19. The highest BCUT2D eigenvalue weighted by Crippen LogP contribution is 2.27. The van der Waals surface area contributed by atoms with Crippen LogP contribution < -0.4 is 10.1 Å². The minimum atomic E-state index is -0.899. The summed E-state index contributed by atoms with van der Waals surface area (Å²) in [6, 6.07) is 13.1. The zero-order valence-electron chi connectivity index (χ0n) is 16.0. The van der Waals surface area contributed by atoms with Gasteiger partial charge >= 0.3 is 0 Å². The summed E-state index contributed by atoms with van der Waals surface area (Å²) in [7, 11) is 0. The second kappa shape index (κ2) is 9.15. The van der Waals surface area contributed by atoms with Crippen molar-refractivity contribution in [3.8, 4) is 5.75 Å². The average molecular weight is 399 g/mol. The van der Waals surface area contributed by atoms with Crippen molar-refractivity contribution in [2.24, 2.45) is 0 Å². The minimum absolute atomic E-state index is 0.436. The van der Waals surface area contributed by atoms with E-state index >= 15 is 0 Å². The Kier molecular flexibility index (Phi) is 6.17. The number of anilines is 2. The van der Waals surface area contributed by atoms with Gasteiger partial charge in [-0.2, -0.15) is 0 Å². The van der Waals surface area contributed by atoms with Gasteiger partial charge in [0.1, 0.15) is 11.6 Å². The van der Waals surface area contributed by atoms with Gasteiger partial charge in [-0.1, -0.05) is 6.07 Å². The van der Waals surface area contributed by atoms with Crippen molar-refractivity contribution < 1.29 is 18.3 Å². The number of morpholine rings is 1. The molecular weight excluding hydrogens is 376 g/mol. The molecule has 0 spiro atoms. The lowest BCUT2D eigenvalue weighted by Gasteiger charge is -2.26. The zero-order chi connectivity index (χ0) is 20.1. The van der Waals surface area contributed by atoms with Gasteiger partial charge in [-0.3, -0.25) is 4.90 Å². The second-order valence-electron chi connectivity index (χ2n) is 6.93. The highest BCUT2D eigenvalue weighted by Gasteiger charge is 2.10. The molecule has 4 rings (SSSR count). The Bertz CT molecular complexity index is 977. The number of nitrogens with one attached hydrogen (secondary N) is 1. The molecule has 0 aliphatic carbocycles. The molecule has 0 bridgehead atoms. The zero-order valence-corrected chi connectivity index (χ0v) is 16.0. The van der Waals surface area contributed by atoms with Crippen LogP contribution in [0.25, 0.3) is 10.9 Å². The fraction of sp³-hybridized carbons (Fsp3) is 0.318. The number of fused-ring (bicyclic) bond motifs is 1. The van der Waals surface area contributed by atoms with Crippen LogP contribution in [0.5, 0.6) is 5.75 Å². The Hall–Kier alpha value is -2.77. The Morgan fingerprint density at radius 1 is 1.03 bits per heavy atom. The molecule has 1 saturated heterocycles. The molecule has 0 radical (unpaired) electrons. The van der Waals surface area contributed by atoms with Crippen LogP contribution in [0.2, 0.25) is 0 Å². The number of aromatic nitrogens is 1. The van der Waals surface area contributed by atoms with Gasteiger partial charge in [-0.05, 0) is 42.8 Å². The smallest absolute Gasteiger partial charge is 0.160 e. The summed E-state index contributed by atoms with van der Waals surface area (Å²) >= 11 is 0. The highest BCUT2D eigenvalue weighted by atomic mass is 19.2. The van der Waals surface area contributed by atoms with Gasteiger partial charge < -0.3 is 14.8 Å². The number of halogens is 2. The molecule has 0 amide bonds. The van der Waals surface area contributed by atoms with E-state index in [0.717, 1.165) is 68.1 Å². The molecule has 1 fully saturated rings. The molecular formula is C22H23F2N3O2. The number of nitrogens with zero attached hydrogens (tertiary/aromatic N) is 2. The third kappa shape index (κ3) is 4.99. The van der Waals surface area contributed by atoms with Crippen molar-refractivity contribution in [1.29, 1.82) is 0 Å². The fourth-order valence-corrected chi connectivity index (χ4v) is 3.34. The van der Waals surface area contributed by atoms with Crippen LogP contribution in [0.15, 0.2) is 48.5 Å². The predicted octanol–water partition coefficient (Wildman–Crippen LogP) is 4.36. The molecule has 7 heteroatoms. The number of pyridine rings is 1. The summed E-state index contributed by atoms with van der Waals surface area (Å²) in [5.74, 6) is -0.440. The summed E-state index contributed by atoms with van der Waals surface area (Å²) in [4.78, 5) is 6.94. The predicted molar refractivity (Wildman–Crippen MR) is 109 cm³/mol. The molecule has 1 aliphatic heterocycles. The maximum absolute atomic E-state index is 13.4. The molecule has 3 aromatic rings. The maximum Gasteiger partial charge on any atom is 0.160 e. The van der Waals surface area contributed by atoms with Gasteiger partial charge in [0.05, 0.1) is 25.3 Å². The molecule has 0 atom stereocenters. The van der Waals surface area contributed by atoms with E-state index < -0.39 is 11.6 Å². The van der Waals surface area contributed by atoms with Crippen LogP contribution in [0.3, 0.4) is 0 Å². The second-order valence-corrected chi connectivity index (χ2v) is 6.93. The molecule has 1 N–H and O–H groups in total. The number of rotatable bonds is 7. The van der Waals surface area contributed by atoms with Crippen molar-refractivity contribution in [3.05, 3.63) is 60.2 Å². The summed E-state index contributed by atoms with van der Waals surface area (Å²) in [6.07, 6.45) is 0.944. The molecule has 2 heterocycles. The normalized spacial score (nSPS) is 14.8. The molecule has 29 heavy (non-hydrogen) atoms. The Morgan fingerprint density at radius 2 is 1.90 bits per heavy atom. The molecule has 2 aromatic carbocycles. The Labute approximate surface area is 168 Å². The van der Waals surface area contributed by atoms with Crippen LogP contribution in [0, 0.1) is 11.6 Å². The lowest BCUT2D eigenvalue weighted by molar-refractivity contribution is 0.0358. The van der Waals surface area contributed by atoms with Gasteiger partial charge in [0.15, 0.2) is 11.6 Å². The van der Waals surface area contributed by atoms with Crippen LogP contribution in [0.1, 0.15) is 6.42 Å². The molecule has 1 aromatic heterocycles.